The van der Waals surface area contributed by atoms with Gasteiger partial charge in [0.25, 0.3) is 0 Å². The molecule has 3 N–H and O–H groups in total. The van der Waals surface area contributed by atoms with Crippen molar-refractivity contribution in [1.29, 1.82) is 0 Å². The smallest absolute Gasteiger partial charge is 0.231 e. The minimum atomic E-state index is -0.639. The van der Waals surface area contributed by atoms with Crippen LogP contribution >= 0.6 is 0 Å². The second kappa shape index (κ2) is 4.84. The van der Waals surface area contributed by atoms with Crippen molar-refractivity contribution >= 4 is 5.91 Å². The molecule has 0 aliphatic rings. The maximum absolute atomic E-state index is 13.2. The van der Waals surface area contributed by atoms with E-state index in [0.717, 1.165) is 6.07 Å². The fraction of sp³-hybridized carbons (Fsp3) is 0.300. The zero-order chi connectivity index (χ0) is 11.4. The molecule has 82 valence electrons. The number of nitrogens with two attached hydrogens (primary N) is 1. The summed E-state index contributed by atoms with van der Waals surface area (Å²) in [6.07, 6.45) is 0. The van der Waals surface area contributed by atoms with Crippen LogP contribution in [0.25, 0.3) is 0 Å². The van der Waals surface area contributed by atoms with E-state index in [0.29, 0.717) is 5.56 Å². The number of amides is 1. The van der Waals surface area contributed by atoms with Crippen LogP contribution in [0, 0.1) is 11.6 Å². The number of hydrogen-bond acceptors (Lipinski definition) is 2. The van der Waals surface area contributed by atoms with Crippen LogP contribution in [0.5, 0.6) is 0 Å². The first-order valence-electron chi connectivity index (χ1n) is 4.47. The molecule has 1 atom stereocenters. The van der Waals surface area contributed by atoms with E-state index in [1.165, 1.54) is 12.1 Å². The van der Waals surface area contributed by atoms with Gasteiger partial charge in [-0.25, -0.2) is 8.78 Å². The monoisotopic (exact) mass is 214 g/mol. The molecule has 15 heavy (non-hydrogen) atoms. The topological polar surface area (TPSA) is 55.1 Å². The van der Waals surface area contributed by atoms with Crippen molar-refractivity contribution in [1.82, 2.24) is 5.32 Å². The average molecular weight is 214 g/mol. The van der Waals surface area contributed by atoms with E-state index >= 15 is 0 Å². The zero-order valence-electron chi connectivity index (χ0n) is 8.26. The summed E-state index contributed by atoms with van der Waals surface area (Å²) < 4.78 is 25.8. The van der Waals surface area contributed by atoms with Crippen LogP contribution in [0.1, 0.15) is 18.5 Å². The lowest BCUT2D eigenvalue weighted by Gasteiger charge is -2.13. The van der Waals surface area contributed by atoms with Crippen molar-refractivity contribution in [3.8, 4) is 0 Å². The molecule has 0 saturated heterocycles. The van der Waals surface area contributed by atoms with Gasteiger partial charge < -0.3 is 11.1 Å². The first-order valence-corrected chi connectivity index (χ1v) is 4.47. The highest BCUT2D eigenvalue weighted by Crippen LogP contribution is 2.17. The van der Waals surface area contributed by atoms with E-state index in [4.69, 9.17) is 5.73 Å². The molecule has 3 nitrogen and oxygen atoms in total. The summed E-state index contributed by atoms with van der Waals surface area (Å²) >= 11 is 0. The molecule has 0 heterocycles. The Kier molecular flexibility index (Phi) is 3.74. The molecule has 5 heteroatoms. The predicted octanol–water partition coefficient (Wildman–Crippen LogP) is 1.10. The Bertz CT molecular complexity index is 368. The van der Waals surface area contributed by atoms with Gasteiger partial charge in [0, 0.05) is 17.7 Å². The lowest BCUT2D eigenvalue weighted by Crippen LogP contribution is -2.30. The Morgan fingerprint density at radius 3 is 2.73 bits per heavy atom. The molecule has 0 aromatic heterocycles. The fourth-order valence-electron chi connectivity index (χ4n) is 1.22. The summed E-state index contributed by atoms with van der Waals surface area (Å²) in [6.45, 7) is 1.62. The summed E-state index contributed by atoms with van der Waals surface area (Å²) in [6, 6.07) is 2.92. The predicted molar refractivity (Wildman–Crippen MR) is 52.0 cm³/mol. The SMILES string of the molecule is CC(NCC(N)=O)c1ccc(F)cc1F. The third kappa shape index (κ3) is 3.28. The molecule has 0 radical (unpaired) electrons. The van der Waals surface area contributed by atoms with Crippen LogP contribution < -0.4 is 11.1 Å². The highest BCUT2D eigenvalue weighted by Gasteiger charge is 2.11. The zero-order valence-corrected chi connectivity index (χ0v) is 8.26. The standard InChI is InChI=1S/C10H12F2N2O/c1-6(14-5-10(13)15)8-3-2-7(11)4-9(8)12/h2-4,6,14H,5H2,1H3,(H2,13,15). The summed E-state index contributed by atoms with van der Waals surface area (Å²) in [4.78, 5) is 10.5. The van der Waals surface area contributed by atoms with Crippen LogP contribution in [-0.2, 0) is 4.79 Å². The van der Waals surface area contributed by atoms with Gasteiger partial charge in [0.2, 0.25) is 5.91 Å². The Balaban J connectivity index is 2.73. The number of carbonyl (C=O) groups is 1. The van der Waals surface area contributed by atoms with Crippen LogP contribution in [0.2, 0.25) is 0 Å². The van der Waals surface area contributed by atoms with E-state index < -0.39 is 23.6 Å². The van der Waals surface area contributed by atoms with Crippen LogP contribution in [0.3, 0.4) is 0 Å². The molecule has 0 aliphatic carbocycles. The molecule has 1 aromatic carbocycles. The van der Waals surface area contributed by atoms with Gasteiger partial charge in [-0.3, -0.25) is 4.79 Å². The molecule has 1 aromatic rings. The number of hydrogen-bond donors (Lipinski definition) is 2. The van der Waals surface area contributed by atoms with E-state index in [9.17, 15) is 13.6 Å². The molecule has 0 saturated carbocycles. The lowest BCUT2D eigenvalue weighted by atomic mass is 10.1. The van der Waals surface area contributed by atoms with Crippen molar-refractivity contribution in [3.63, 3.8) is 0 Å². The van der Waals surface area contributed by atoms with E-state index in [1.807, 2.05) is 0 Å². The maximum atomic E-state index is 13.2. The van der Waals surface area contributed by atoms with E-state index in [2.05, 4.69) is 5.32 Å². The Morgan fingerprint density at radius 2 is 2.20 bits per heavy atom. The molecule has 1 amide bonds. The number of carbonyl (C=O) groups excluding carboxylic acids is 1. The van der Waals surface area contributed by atoms with Crippen LogP contribution in [0.15, 0.2) is 18.2 Å². The normalized spacial score (nSPS) is 12.5. The van der Waals surface area contributed by atoms with Gasteiger partial charge in [-0.05, 0) is 13.0 Å². The summed E-state index contributed by atoms with van der Waals surface area (Å²) in [5, 5.41) is 2.72. The van der Waals surface area contributed by atoms with Gasteiger partial charge in [0.1, 0.15) is 11.6 Å². The molecular weight excluding hydrogens is 202 g/mol. The Labute approximate surface area is 86.3 Å². The Hall–Kier alpha value is -1.49. The molecule has 1 rings (SSSR count). The minimum absolute atomic E-state index is 0.0437. The number of halogens is 2. The highest BCUT2D eigenvalue weighted by atomic mass is 19.1. The molecule has 1 unspecified atom stereocenters. The molecular formula is C10H12F2N2O. The van der Waals surface area contributed by atoms with E-state index in [1.54, 1.807) is 6.92 Å². The number of primary amides is 1. The first-order chi connectivity index (χ1) is 7.00. The molecule has 0 spiro atoms. The van der Waals surface area contributed by atoms with Gasteiger partial charge in [-0.15, -0.1) is 0 Å². The van der Waals surface area contributed by atoms with E-state index in [-0.39, 0.29) is 6.54 Å². The van der Waals surface area contributed by atoms with Crippen molar-refractivity contribution in [2.45, 2.75) is 13.0 Å². The number of rotatable bonds is 4. The molecule has 0 bridgehead atoms. The average Bonchev–Trinajstić information content (AvgIpc) is 2.14. The van der Waals surface area contributed by atoms with Crippen molar-refractivity contribution < 1.29 is 13.6 Å². The molecule has 0 aliphatic heterocycles. The second-order valence-electron chi connectivity index (χ2n) is 3.23. The fourth-order valence-corrected chi connectivity index (χ4v) is 1.22. The number of nitrogens with one attached hydrogen (secondary N) is 1. The third-order valence-electron chi connectivity index (χ3n) is 2.01. The van der Waals surface area contributed by atoms with Gasteiger partial charge in [-0.1, -0.05) is 6.07 Å². The minimum Gasteiger partial charge on any atom is -0.369 e. The maximum Gasteiger partial charge on any atom is 0.231 e. The summed E-state index contributed by atoms with van der Waals surface area (Å²) in [5.41, 5.74) is 5.23. The van der Waals surface area contributed by atoms with Gasteiger partial charge in [0.05, 0.1) is 6.54 Å². The van der Waals surface area contributed by atoms with Gasteiger partial charge in [0.15, 0.2) is 0 Å². The van der Waals surface area contributed by atoms with Crippen molar-refractivity contribution in [2.24, 2.45) is 5.73 Å². The highest BCUT2D eigenvalue weighted by molar-refractivity contribution is 5.75. The second-order valence-corrected chi connectivity index (χ2v) is 3.23. The third-order valence-corrected chi connectivity index (χ3v) is 2.01. The van der Waals surface area contributed by atoms with Crippen molar-refractivity contribution in [2.75, 3.05) is 6.54 Å². The first kappa shape index (κ1) is 11.6. The number of benzene rings is 1. The van der Waals surface area contributed by atoms with Gasteiger partial charge in [-0.2, -0.15) is 0 Å². The largest absolute Gasteiger partial charge is 0.369 e. The molecule has 0 fully saturated rings. The summed E-state index contributed by atoms with van der Waals surface area (Å²) in [7, 11) is 0. The summed E-state index contributed by atoms with van der Waals surface area (Å²) in [5.74, 6) is -1.79. The van der Waals surface area contributed by atoms with Crippen LogP contribution in [0.4, 0.5) is 8.78 Å². The van der Waals surface area contributed by atoms with Gasteiger partial charge >= 0.3 is 0 Å². The lowest BCUT2D eigenvalue weighted by molar-refractivity contribution is -0.117. The van der Waals surface area contributed by atoms with Crippen LogP contribution in [-0.4, -0.2) is 12.5 Å². The quantitative estimate of drug-likeness (QED) is 0.788. The van der Waals surface area contributed by atoms with Crippen molar-refractivity contribution in [3.05, 3.63) is 35.4 Å². The Morgan fingerprint density at radius 1 is 1.53 bits per heavy atom.